The molecule has 0 aliphatic rings. The number of methoxy groups -OCH3 is 1. The summed E-state index contributed by atoms with van der Waals surface area (Å²) in [5.41, 5.74) is 3.45. The molecule has 0 heterocycles. The number of benzene rings is 3. The number of hydrogen-bond donors (Lipinski definition) is 2. The fraction of sp³-hybridized carbons (Fsp3) is 0.0870. The highest BCUT2D eigenvalue weighted by Gasteiger charge is 2.16. The van der Waals surface area contributed by atoms with E-state index in [1.807, 2.05) is 12.1 Å². The zero-order chi connectivity index (χ0) is 24.7. The number of amides is 2. The Labute approximate surface area is 216 Å². The molecule has 2 amide bonds. The van der Waals surface area contributed by atoms with Crippen molar-refractivity contribution in [2.45, 2.75) is 6.61 Å². The van der Waals surface area contributed by atoms with Crippen molar-refractivity contribution in [1.82, 2.24) is 5.43 Å². The lowest BCUT2D eigenvalue weighted by Crippen LogP contribution is -2.32. The molecule has 0 spiro atoms. The molecule has 3 aromatic rings. The van der Waals surface area contributed by atoms with Gasteiger partial charge in [0, 0.05) is 9.50 Å². The van der Waals surface area contributed by atoms with Gasteiger partial charge in [-0.05, 0) is 69.5 Å². The summed E-state index contributed by atoms with van der Waals surface area (Å²) in [5.74, 6) is -1.90. The van der Waals surface area contributed by atoms with E-state index in [9.17, 15) is 14.0 Å². The Hall–Kier alpha value is -2.95. The zero-order valence-electron chi connectivity index (χ0n) is 17.6. The van der Waals surface area contributed by atoms with Gasteiger partial charge in [-0.3, -0.25) is 9.59 Å². The van der Waals surface area contributed by atoms with Crippen LogP contribution in [0.15, 0.2) is 68.6 Å². The van der Waals surface area contributed by atoms with E-state index >= 15 is 0 Å². The monoisotopic (exact) mass is 611 g/mol. The molecule has 0 saturated carbocycles. The molecule has 3 aromatic carbocycles. The first-order valence-electron chi connectivity index (χ1n) is 9.61. The molecule has 34 heavy (non-hydrogen) atoms. The molecule has 0 saturated heterocycles. The summed E-state index contributed by atoms with van der Waals surface area (Å²) < 4.78 is 26.2. The Morgan fingerprint density at radius 1 is 1.09 bits per heavy atom. The fourth-order valence-corrected chi connectivity index (χ4v) is 3.71. The van der Waals surface area contributed by atoms with Crippen molar-refractivity contribution >= 4 is 67.2 Å². The number of carbonyl (C=O) groups is 2. The summed E-state index contributed by atoms with van der Waals surface area (Å²) in [5, 5.41) is 6.59. The van der Waals surface area contributed by atoms with Gasteiger partial charge in [-0.1, -0.05) is 39.7 Å². The molecule has 0 unspecified atom stereocenters. The molecular weight excluding hydrogens is 597 g/mol. The minimum atomic E-state index is -1.07. The highest BCUT2D eigenvalue weighted by molar-refractivity contribution is 9.10. The number of hydrazone groups is 1. The Bertz CT molecular complexity index is 1240. The minimum Gasteiger partial charge on any atom is -0.493 e. The van der Waals surface area contributed by atoms with Gasteiger partial charge in [0.1, 0.15) is 12.4 Å². The fourth-order valence-electron chi connectivity index (χ4n) is 2.68. The van der Waals surface area contributed by atoms with E-state index in [0.29, 0.717) is 37.6 Å². The summed E-state index contributed by atoms with van der Waals surface area (Å²) in [6, 6.07) is 14.6. The predicted octanol–water partition coefficient (Wildman–Crippen LogP) is 5.68. The summed E-state index contributed by atoms with van der Waals surface area (Å²) in [6.45, 7) is 0.295. The van der Waals surface area contributed by atoms with Crippen molar-refractivity contribution in [3.05, 3.63) is 85.5 Å². The molecule has 0 radical (unpaired) electrons. The van der Waals surface area contributed by atoms with Gasteiger partial charge in [0.25, 0.3) is 0 Å². The molecule has 11 heteroatoms. The van der Waals surface area contributed by atoms with Gasteiger partial charge in [-0.15, -0.1) is 0 Å². The number of nitrogens with one attached hydrogen (secondary N) is 2. The molecule has 2 N–H and O–H groups in total. The molecule has 0 aliphatic carbocycles. The molecular formula is C23H17Br2ClFN3O4. The van der Waals surface area contributed by atoms with Crippen LogP contribution in [0, 0.1) is 5.82 Å². The highest BCUT2D eigenvalue weighted by Crippen LogP contribution is 2.37. The largest absolute Gasteiger partial charge is 0.493 e. The normalized spacial score (nSPS) is 10.7. The van der Waals surface area contributed by atoms with Crippen LogP contribution in [0.25, 0.3) is 0 Å². The van der Waals surface area contributed by atoms with Crippen molar-refractivity contribution < 1.29 is 23.5 Å². The molecule has 0 fully saturated rings. The first-order chi connectivity index (χ1) is 16.3. The molecule has 0 aliphatic heterocycles. The molecule has 0 bridgehead atoms. The summed E-state index contributed by atoms with van der Waals surface area (Å²) in [7, 11) is 1.49. The van der Waals surface area contributed by atoms with E-state index in [1.54, 1.807) is 24.3 Å². The molecule has 176 valence electrons. The smallest absolute Gasteiger partial charge is 0.329 e. The van der Waals surface area contributed by atoms with Crippen LogP contribution in [0.5, 0.6) is 11.5 Å². The average molecular weight is 614 g/mol. The maximum Gasteiger partial charge on any atom is 0.329 e. The van der Waals surface area contributed by atoms with E-state index < -0.39 is 17.6 Å². The quantitative estimate of drug-likeness (QED) is 0.204. The third-order valence-corrected chi connectivity index (χ3v) is 5.65. The minimum absolute atomic E-state index is 0.129. The first kappa shape index (κ1) is 25.7. The lowest BCUT2D eigenvalue weighted by Gasteiger charge is -2.13. The van der Waals surface area contributed by atoms with Gasteiger partial charge in [-0.2, -0.15) is 5.10 Å². The van der Waals surface area contributed by atoms with Crippen LogP contribution < -0.4 is 20.2 Å². The van der Waals surface area contributed by atoms with E-state index in [1.165, 1.54) is 31.5 Å². The van der Waals surface area contributed by atoms with Crippen molar-refractivity contribution in [1.29, 1.82) is 0 Å². The van der Waals surface area contributed by atoms with E-state index in [4.69, 9.17) is 21.1 Å². The van der Waals surface area contributed by atoms with Gasteiger partial charge in [0.15, 0.2) is 11.5 Å². The zero-order valence-corrected chi connectivity index (χ0v) is 21.5. The second-order valence-corrected chi connectivity index (χ2v) is 8.93. The Kier molecular flexibility index (Phi) is 9.03. The number of halogens is 4. The SMILES string of the molecule is COc1cc(/C=N/NC(=O)C(=O)Nc2ccc(Br)cc2F)cc(Br)c1OCc1ccc(Cl)cc1. The van der Waals surface area contributed by atoms with Gasteiger partial charge >= 0.3 is 11.8 Å². The Morgan fingerprint density at radius 3 is 2.50 bits per heavy atom. The van der Waals surface area contributed by atoms with Crippen molar-refractivity contribution in [3.8, 4) is 11.5 Å². The van der Waals surface area contributed by atoms with Crippen LogP contribution in [0.3, 0.4) is 0 Å². The van der Waals surface area contributed by atoms with Crippen LogP contribution in [0.4, 0.5) is 10.1 Å². The van der Waals surface area contributed by atoms with Crippen molar-refractivity contribution in [2.75, 3.05) is 12.4 Å². The summed E-state index contributed by atoms with van der Waals surface area (Å²) >= 11 is 12.5. The summed E-state index contributed by atoms with van der Waals surface area (Å²) in [6.07, 6.45) is 1.32. The highest BCUT2D eigenvalue weighted by atomic mass is 79.9. The number of carbonyl (C=O) groups excluding carboxylic acids is 2. The lowest BCUT2D eigenvalue weighted by molar-refractivity contribution is -0.136. The van der Waals surface area contributed by atoms with E-state index in [0.717, 1.165) is 5.56 Å². The van der Waals surface area contributed by atoms with Crippen LogP contribution >= 0.6 is 43.5 Å². The second-order valence-electron chi connectivity index (χ2n) is 6.73. The van der Waals surface area contributed by atoms with Gasteiger partial charge in [0.05, 0.1) is 23.5 Å². The third-order valence-electron chi connectivity index (χ3n) is 4.31. The van der Waals surface area contributed by atoms with Gasteiger partial charge < -0.3 is 14.8 Å². The van der Waals surface area contributed by atoms with Crippen LogP contribution in [-0.4, -0.2) is 25.1 Å². The predicted molar refractivity (Wildman–Crippen MR) is 135 cm³/mol. The van der Waals surface area contributed by atoms with Gasteiger partial charge in [-0.25, -0.2) is 9.82 Å². The summed E-state index contributed by atoms with van der Waals surface area (Å²) in [4.78, 5) is 23.9. The van der Waals surface area contributed by atoms with E-state index in [-0.39, 0.29) is 5.69 Å². The van der Waals surface area contributed by atoms with Crippen LogP contribution in [0.1, 0.15) is 11.1 Å². The van der Waals surface area contributed by atoms with Crippen LogP contribution in [0.2, 0.25) is 5.02 Å². The topological polar surface area (TPSA) is 89.0 Å². The maximum absolute atomic E-state index is 13.8. The lowest BCUT2D eigenvalue weighted by atomic mass is 10.2. The number of hydrogen-bond acceptors (Lipinski definition) is 5. The number of nitrogens with zero attached hydrogens (tertiary/aromatic N) is 1. The standard InChI is InChI=1S/C23H17Br2ClFN3O4/c1-33-20-9-14(8-17(25)21(20)34-12-13-2-5-16(26)6-3-13)11-28-30-23(32)22(31)29-19-7-4-15(24)10-18(19)27/h2-11H,12H2,1H3,(H,29,31)(H,30,32)/b28-11+. The van der Waals surface area contributed by atoms with E-state index in [2.05, 4.69) is 47.7 Å². The van der Waals surface area contributed by atoms with Crippen LogP contribution in [-0.2, 0) is 16.2 Å². The molecule has 3 rings (SSSR count). The Morgan fingerprint density at radius 2 is 1.82 bits per heavy atom. The third kappa shape index (κ3) is 7.02. The average Bonchev–Trinajstić information content (AvgIpc) is 2.80. The van der Waals surface area contributed by atoms with Crippen molar-refractivity contribution in [3.63, 3.8) is 0 Å². The number of anilines is 1. The van der Waals surface area contributed by atoms with Gasteiger partial charge in [0.2, 0.25) is 0 Å². The van der Waals surface area contributed by atoms with Crippen molar-refractivity contribution in [2.24, 2.45) is 5.10 Å². The second kappa shape index (κ2) is 12.0. The molecule has 0 atom stereocenters. The first-order valence-corrected chi connectivity index (χ1v) is 11.6. The molecule has 0 aromatic heterocycles. The number of ether oxygens (including phenoxy) is 2. The maximum atomic E-state index is 13.8. The Balaban J connectivity index is 1.62. The molecule has 7 nitrogen and oxygen atoms in total. The number of rotatable bonds is 7.